The van der Waals surface area contributed by atoms with Gasteiger partial charge in [0.2, 0.25) is 0 Å². The van der Waals surface area contributed by atoms with Gasteiger partial charge < -0.3 is 4.57 Å². The van der Waals surface area contributed by atoms with Crippen molar-refractivity contribution in [2.24, 2.45) is 0 Å². The second-order valence-electron chi connectivity index (χ2n) is 14.5. The number of aromatic nitrogens is 3. The Hall–Kier alpha value is -7.10. The van der Waals surface area contributed by atoms with Crippen LogP contribution in [0.2, 0.25) is 0 Å². The summed E-state index contributed by atoms with van der Waals surface area (Å²) in [7, 11) is 0. The standard InChI is InChI=1S/C51H31N3/c1-2-14-32(15-3-1)33-28-30-35(31-29-33)50-52-47(38-21-12-17-34-16-4-5-18-36(34)38)46-40-20-6-8-23-41(40)51(49(46)53-50)42-24-9-11-27-45(42)54-44-26-10-7-19-37(44)39-22-13-25-43(51)48(39)54/h1-31H. The van der Waals surface area contributed by atoms with Gasteiger partial charge in [0.1, 0.15) is 0 Å². The molecule has 0 saturated carbocycles. The van der Waals surface area contributed by atoms with Crippen LogP contribution in [0, 0.1) is 0 Å². The highest BCUT2D eigenvalue weighted by molar-refractivity contribution is 6.13. The van der Waals surface area contributed by atoms with Crippen molar-refractivity contribution < 1.29 is 0 Å². The molecule has 0 bridgehead atoms. The molecule has 0 saturated heterocycles. The zero-order valence-corrected chi connectivity index (χ0v) is 29.2. The van der Waals surface area contributed by atoms with Gasteiger partial charge in [-0.05, 0) is 56.3 Å². The molecule has 54 heavy (non-hydrogen) atoms. The van der Waals surface area contributed by atoms with Gasteiger partial charge in [-0.15, -0.1) is 0 Å². The maximum atomic E-state index is 5.78. The van der Waals surface area contributed by atoms with E-state index >= 15 is 0 Å². The third-order valence-electron chi connectivity index (χ3n) is 11.8. The summed E-state index contributed by atoms with van der Waals surface area (Å²) in [5.74, 6) is 0.722. The molecule has 1 spiro atoms. The van der Waals surface area contributed by atoms with Gasteiger partial charge in [-0.25, -0.2) is 9.97 Å². The first kappa shape index (κ1) is 29.5. The molecule has 1 aliphatic carbocycles. The van der Waals surface area contributed by atoms with E-state index < -0.39 is 5.41 Å². The largest absolute Gasteiger partial charge is 0.309 e. The number of nitrogens with zero attached hydrogens (tertiary/aromatic N) is 3. The highest BCUT2D eigenvalue weighted by Crippen LogP contribution is 2.62. The summed E-state index contributed by atoms with van der Waals surface area (Å²) < 4.78 is 2.48. The van der Waals surface area contributed by atoms with Crippen LogP contribution in [-0.4, -0.2) is 14.5 Å². The van der Waals surface area contributed by atoms with Crippen molar-refractivity contribution in [3.8, 4) is 50.6 Å². The first-order valence-electron chi connectivity index (χ1n) is 18.6. The Balaban J connectivity index is 1.24. The van der Waals surface area contributed by atoms with Crippen LogP contribution in [0.25, 0.3) is 83.2 Å². The number of para-hydroxylation sites is 3. The highest BCUT2D eigenvalue weighted by atomic mass is 15.0. The van der Waals surface area contributed by atoms with Gasteiger partial charge in [0.15, 0.2) is 5.82 Å². The Morgan fingerprint density at radius 3 is 1.91 bits per heavy atom. The number of benzene rings is 8. The van der Waals surface area contributed by atoms with Crippen LogP contribution in [0.5, 0.6) is 0 Å². The first-order valence-corrected chi connectivity index (χ1v) is 18.6. The van der Waals surface area contributed by atoms with Crippen LogP contribution in [0.15, 0.2) is 188 Å². The fourth-order valence-corrected chi connectivity index (χ4v) is 9.59. The molecule has 0 fully saturated rings. The lowest BCUT2D eigenvalue weighted by Gasteiger charge is -2.38. The lowest BCUT2D eigenvalue weighted by Crippen LogP contribution is -2.34. The van der Waals surface area contributed by atoms with E-state index in [2.05, 4.69) is 193 Å². The lowest BCUT2D eigenvalue weighted by molar-refractivity contribution is 0.720. The smallest absolute Gasteiger partial charge is 0.160 e. The van der Waals surface area contributed by atoms with Crippen molar-refractivity contribution in [3.05, 3.63) is 210 Å². The molecule has 250 valence electrons. The molecule has 3 nitrogen and oxygen atoms in total. The van der Waals surface area contributed by atoms with Crippen LogP contribution in [0.4, 0.5) is 0 Å². The fraction of sp³-hybridized carbons (Fsp3) is 0.0196. The van der Waals surface area contributed by atoms with E-state index in [0.717, 1.165) is 33.9 Å². The Labute approximate surface area is 312 Å². The molecule has 2 aliphatic rings. The molecule has 3 heterocycles. The molecular formula is C51H31N3. The maximum Gasteiger partial charge on any atom is 0.160 e. The summed E-state index contributed by atoms with van der Waals surface area (Å²) >= 11 is 0. The molecule has 0 radical (unpaired) electrons. The summed E-state index contributed by atoms with van der Waals surface area (Å²) in [6.07, 6.45) is 0. The molecule has 12 rings (SSSR count). The van der Waals surface area contributed by atoms with Gasteiger partial charge >= 0.3 is 0 Å². The van der Waals surface area contributed by atoms with E-state index in [1.807, 2.05) is 0 Å². The van der Waals surface area contributed by atoms with Gasteiger partial charge in [-0.1, -0.05) is 176 Å². The van der Waals surface area contributed by atoms with E-state index in [-0.39, 0.29) is 0 Å². The van der Waals surface area contributed by atoms with E-state index in [9.17, 15) is 0 Å². The summed E-state index contributed by atoms with van der Waals surface area (Å²) in [4.78, 5) is 11.4. The Bertz CT molecular complexity index is 3150. The van der Waals surface area contributed by atoms with Crippen LogP contribution in [0.3, 0.4) is 0 Å². The van der Waals surface area contributed by atoms with E-state index in [1.165, 1.54) is 71.6 Å². The average molecular weight is 686 g/mol. The van der Waals surface area contributed by atoms with Gasteiger partial charge in [-0.2, -0.15) is 0 Å². The van der Waals surface area contributed by atoms with Gasteiger partial charge in [0.05, 0.1) is 33.5 Å². The number of hydrogen-bond acceptors (Lipinski definition) is 2. The van der Waals surface area contributed by atoms with E-state index in [4.69, 9.17) is 9.97 Å². The Morgan fingerprint density at radius 2 is 1.02 bits per heavy atom. The van der Waals surface area contributed by atoms with Crippen LogP contribution in [-0.2, 0) is 5.41 Å². The predicted molar refractivity (Wildman–Crippen MR) is 221 cm³/mol. The highest BCUT2D eigenvalue weighted by Gasteiger charge is 2.53. The van der Waals surface area contributed by atoms with Crippen LogP contribution in [0.1, 0.15) is 22.4 Å². The average Bonchev–Trinajstić information content (AvgIpc) is 3.74. The second kappa shape index (κ2) is 11.0. The van der Waals surface area contributed by atoms with E-state index in [1.54, 1.807) is 0 Å². The summed E-state index contributed by atoms with van der Waals surface area (Å²) in [5.41, 5.74) is 15.4. The van der Waals surface area contributed by atoms with Crippen molar-refractivity contribution in [2.45, 2.75) is 5.41 Å². The fourth-order valence-electron chi connectivity index (χ4n) is 9.59. The minimum atomic E-state index is -0.687. The quantitative estimate of drug-likeness (QED) is 0.185. The van der Waals surface area contributed by atoms with Crippen molar-refractivity contribution in [3.63, 3.8) is 0 Å². The molecular weight excluding hydrogens is 655 g/mol. The van der Waals surface area contributed by atoms with Gasteiger partial charge in [0, 0.05) is 27.5 Å². The maximum absolute atomic E-state index is 5.78. The third kappa shape index (κ3) is 3.80. The van der Waals surface area contributed by atoms with Crippen molar-refractivity contribution >= 4 is 32.6 Å². The van der Waals surface area contributed by atoms with Gasteiger partial charge in [0.25, 0.3) is 0 Å². The number of fused-ring (bicyclic) bond motifs is 13. The summed E-state index contributed by atoms with van der Waals surface area (Å²) in [5, 5.41) is 4.87. The summed E-state index contributed by atoms with van der Waals surface area (Å²) in [6.45, 7) is 0. The normalized spacial score (nSPS) is 15.1. The lowest BCUT2D eigenvalue weighted by atomic mass is 9.67. The van der Waals surface area contributed by atoms with Crippen molar-refractivity contribution in [1.82, 2.24) is 14.5 Å². The van der Waals surface area contributed by atoms with Crippen molar-refractivity contribution in [2.75, 3.05) is 0 Å². The molecule has 1 unspecified atom stereocenters. The van der Waals surface area contributed by atoms with E-state index in [0.29, 0.717) is 0 Å². The molecule has 1 atom stereocenters. The predicted octanol–water partition coefficient (Wildman–Crippen LogP) is 12.4. The number of hydrogen-bond donors (Lipinski definition) is 0. The summed E-state index contributed by atoms with van der Waals surface area (Å²) in [6, 6.07) is 68.1. The minimum absolute atomic E-state index is 0.687. The zero-order chi connectivity index (χ0) is 35.4. The molecule has 2 aromatic heterocycles. The SMILES string of the molecule is c1ccc(-c2ccc(-c3nc(-c4cccc5ccccc45)c4c(n3)C3(c5ccccc5-4)c4ccccc4-n4c5ccccc5c5cccc3c54)cc2)cc1. The topological polar surface area (TPSA) is 30.7 Å². The molecule has 8 aromatic carbocycles. The molecule has 0 amide bonds. The minimum Gasteiger partial charge on any atom is -0.309 e. The molecule has 0 N–H and O–H groups in total. The molecule has 10 aromatic rings. The second-order valence-corrected chi connectivity index (χ2v) is 14.5. The Kier molecular flexibility index (Phi) is 5.98. The Morgan fingerprint density at radius 1 is 0.407 bits per heavy atom. The first-order chi connectivity index (χ1) is 26.8. The van der Waals surface area contributed by atoms with Gasteiger partial charge in [-0.3, -0.25) is 0 Å². The molecule has 1 aliphatic heterocycles. The molecule has 3 heteroatoms. The zero-order valence-electron chi connectivity index (χ0n) is 29.2. The van der Waals surface area contributed by atoms with Crippen LogP contribution >= 0.6 is 0 Å². The van der Waals surface area contributed by atoms with Crippen molar-refractivity contribution in [1.29, 1.82) is 0 Å². The monoisotopic (exact) mass is 685 g/mol. The van der Waals surface area contributed by atoms with Crippen LogP contribution < -0.4 is 0 Å². The third-order valence-corrected chi connectivity index (χ3v) is 11.8. The number of rotatable bonds is 3.